The van der Waals surface area contributed by atoms with Crippen LogP contribution in [0.25, 0.3) is 10.8 Å². The molecule has 4 rings (SSSR count). The maximum atomic E-state index is 12.7. The second-order valence-electron chi connectivity index (χ2n) is 6.11. The smallest absolute Gasteiger partial charge is 0.255 e. The minimum Gasteiger partial charge on any atom is -0.398 e. The van der Waals surface area contributed by atoms with Gasteiger partial charge in [0, 0.05) is 39.2 Å². The monoisotopic (exact) mass is 399 g/mol. The van der Waals surface area contributed by atoms with E-state index >= 15 is 0 Å². The van der Waals surface area contributed by atoms with Crippen molar-refractivity contribution >= 4 is 57.3 Å². The molecule has 1 aliphatic rings. The average molecular weight is 400 g/mol. The maximum absolute atomic E-state index is 12.7. The normalized spacial score (nSPS) is 14.3. The predicted octanol–water partition coefficient (Wildman–Crippen LogP) is 4.77. The van der Waals surface area contributed by atoms with Crippen LogP contribution in [0.1, 0.15) is 10.4 Å². The average Bonchev–Trinajstić information content (AvgIpc) is 2.71. The van der Waals surface area contributed by atoms with Gasteiger partial charge in [-0.25, -0.2) is 0 Å². The summed E-state index contributed by atoms with van der Waals surface area (Å²) in [7, 11) is 0. The van der Waals surface area contributed by atoms with E-state index in [1.807, 2.05) is 36.4 Å². The van der Waals surface area contributed by atoms with Gasteiger partial charge in [-0.05, 0) is 54.4 Å². The molecule has 27 heavy (non-hydrogen) atoms. The van der Waals surface area contributed by atoms with Crippen molar-refractivity contribution in [3.63, 3.8) is 0 Å². The Hall–Kier alpha value is -2.41. The van der Waals surface area contributed by atoms with Crippen molar-refractivity contribution in [2.24, 2.45) is 0 Å². The first-order chi connectivity index (χ1) is 13.1. The van der Waals surface area contributed by atoms with Gasteiger partial charge in [0.15, 0.2) is 0 Å². The molecule has 0 spiro atoms. The van der Waals surface area contributed by atoms with Crippen LogP contribution >= 0.6 is 23.5 Å². The molecule has 0 saturated carbocycles. The molecule has 5 nitrogen and oxygen atoms in total. The van der Waals surface area contributed by atoms with Gasteiger partial charge in [0.1, 0.15) is 6.73 Å². The zero-order chi connectivity index (χ0) is 18.8. The van der Waals surface area contributed by atoms with Crippen LogP contribution in [0.4, 0.5) is 17.1 Å². The molecule has 7 heteroatoms. The summed E-state index contributed by atoms with van der Waals surface area (Å²) in [6, 6.07) is 16.5. The number of ether oxygens (including phenoxy) is 1. The minimum atomic E-state index is -0.185. The summed E-state index contributed by atoms with van der Waals surface area (Å²) >= 11 is 7.99. The standard InChI is InChI=1S/C20H18ClN3O2S/c21-16-8-9-18(15-2-1-3-17(22)19(15)16)23-20(25)13-4-6-14(7-5-13)24-12-26-10-11-27-24/h1-9H,10-12,22H2,(H,23,25). The van der Waals surface area contributed by atoms with E-state index in [-0.39, 0.29) is 5.91 Å². The fourth-order valence-corrected chi connectivity index (χ4v) is 4.12. The van der Waals surface area contributed by atoms with Gasteiger partial charge in [0.2, 0.25) is 0 Å². The molecular weight excluding hydrogens is 382 g/mol. The topological polar surface area (TPSA) is 67.6 Å². The van der Waals surface area contributed by atoms with Crippen LogP contribution in [0.3, 0.4) is 0 Å². The Morgan fingerprint density at radius 2 is 1.96 bits per heavy atom. The number of anilines is 3. The molecule has 0 aromatic heterocycles. The van der Waals surface area contributed by atoms with Gasteiger partial charge >= 0.3 is 0 Å². The predicted molar refractivity (Wildman–Crippen MR) is 114 cm³/mol. The Morgan fingerprint density at radius 1 is 1.15 bits per heavy atom. The number of nitrogen functional groups attached to an aromatic ring is 1. The Morgan fingerprint density at radius 3 is 2.70 bits per heavy atom. The number of rotatable bonds is 3. The molecule has 3 aromatic rings. The van der Waals surface area contributed by atoms with Crippen LogP contribution in [0.5, 0.6) is 0 Å². The van der Waals surface area contributed by atoms with Crippen LogP contribution in [0.2, 0.25) is 5.02 Å². The van der Waals surface area contributed by atoms with E-state index in [0.717, 1.165) is 28.8 Å². The first kappa shape index (κ1) is 18.0. The van der Waals surface area contributed by atoms with Crippen LogP contribution in [0.15, 0.2) is 54.6 Å². The van der Waals surface area contributed by atoms with Gasteiger partial charge < -0.3 is 15.8 Å². The van der Waals surface area contributed by atoms with Crippen LogP contribution < -0.4 is 15.4 Å². The highest BCUT2D eigenvalue weighted by Crippen LogP contribution is 2.34. The van der Waals surface area contributed by atoms with E-state index < -0.39 is 0 Å². The zero-order valence-electron chi connectivity index (χ0n) is 14.4. The third kappa shape index (κ3) is 3.69. The summed E-state index contributed by atoms with van der Waals surface area (Å²) in [6.45, 7) is 1.32. The lowest BCUT2D eigenvalue weighted by atomic mass is 10.1. The van der Waals surface area contributed by atoms with Gasteiger partial charge in [0.25, 0.3) is 5.91 Å². The van der Waals surface area contributed by atoms with Crippen molar-refractivity contribution in [1.82, 2.24) is 0 Å². The Bertz CT molecular complexity index is 980. The van der Waals surface area contributed by atoms with E-state index in [0.29, 0.717) is 28.7 Å². The summed E-state index contributed by atoms with van der Waals surface area (Å²) in [5.74, 6) is 0.741. The largest absolute Gasteiger partial charge is 0.398 e. The third-order valence-electron chi connectivity index (χ3n) is 4.37. The molecule has 0 unspecified atom stereocenters. The molecule has 1 fully saturated rings. The fraction of sp³-hybridized carbons (Fsp3) is 0.150. The number of hydrogen-bond acceptors (Lipinski definition) is 5. The Kier molecular flexibility index (Phi) is 5.11. The van der Waals surface area contributed by atoms with Crippen LogP contribution in [-0.2, 0) is 4.74 Å². The first-order valence-corrected chi connectivity index (χ1v) is 9.82. The number of fused-ring (bicyclic) bond motifs is 1. The number of nitrogens with two attached hydrogens (primary N) is 1. The lowest BCUT2D eigenvalue weighted by molar-refractivity contribution is 0.102. The number of hydrogen-bond donors (Lipinski definition) is 2. The molecular formula is C20H18ClN3O2S. The second-order valence-corrected chi connectivity index (χ2v) is 7.63. The molecule has 138 valence electrons. The highest BCUT2D eigenvalue weighted by molar-refractivity contribution is 8.00. The van der Waals surface area contributed by atoms with E-state index in [4.69, 9.17) is 22.1 Å². The van der Waals surface area contributed by atoms with Gasteiger partial charge in [-0.15, -0.1) is 0 Å². The van der Waals surface area contributed by atoms with E-state index in [1.54, 1.807) is 30.1 Å². The summed E-state index contributed by atoms with van der Waals surface area (Å²) in [5.41, 5.74) is 8.89. The number of nitrogens with one attached hydrogen (secondary N) is 1. The van der Waals surface area contributed by atoms with Gasteiger partial charge in [-0.2, -0.15) is 0 Å². The highest BCUT2D eigenvalue weighted by Gasteiger charge is 2.14. The Balaban J connectivity index is 1.57. The van der Waals surface area contributed by atoms with Crippen LogP contribution in [-0.4, -0.2) is 25.0 Å². The van der Waals surface area contributed by atoms with E-state index in [9.17, 15) is 4.79 Å². The highest BCUT2D eigenvalue weighted by atomic mass is 35.5. The molecule has 0 radical (unpaired) electrons. The van der Waals surface area contributed by atoms with Crippen molar-refractivity contribution in [2.75, 3.05) is 34.4 Å². The van der Waals surface area contributed by atoms with E-state index in [2.05, 4.69) is 9.62 Å². The van der Waals surface area contributed by atoms with Gasteiger partial charge in [-0.3, -0.25) is 9.10 Å². The van der Waals surface area contributed by atoms with E-state index in [1.165, 1.54) is 0 Å². The number of amides is 1. The number of benzene rings is 3. The molecule has 3 aromatic carbocycles. The van der Waals surface area contributed by atoms with Crippen molar-refractivity contribution in [3.05, 3.63) is 65.2 Å². The lowest BCUT2D eigenvalue weighted by Crippen LogP contribution is -2.25. The molecule has 0 atom stereocenters. The number of carbonyl (C=O) groups is 1. The second kappa shape index (κ2) is 7.68. The van der Waals surface area contributed by atoms with Gasteiger partial charge in [-0.1, -0.05) is 23.7 Å². The summed E-state index contributed by atoms with van der Waals surface area (Å²) in [5, 5.41) is 5.08. The van der Waals surface area contributed by atoms with Crippen molar-refractivity contribution in [2.45, 2.75) is 0 Å². The minimum absolute atomic E-state index is 0.185. The molecule has 1 saturated heterocycles. The molecule has 1 amide bonds. The van der Waals surface area contributed by atoms with Gasteiger partial charge in [0.05, 0.1) is 11.6 Å². The fourth-order valence-electron chi connectivity index (χ4n) is 3.01. The Labute approximate surface area is 166 Å². The first-order valence-electron chi connectivity index (χ1n) is 8.50. The SMILES string of the molecule is Nc1cccc2c(NC(=O)c3ccc(N4COCCS4)cc3)ccc(Cl)c12. The number of carbonyl (C=O) groups excluding carboxylic acids is 1. The number of nitrogens with zero attached hydrogens (tertiary/aromatic N) is 1. The summed E-state index contributed by atoms with van der Waals surface area (Å²) in [6.07, 6.45) is 0. The molecule has 1 aliphatic heterocycles. The van der Waals surface area contributed by atoms with Crippen molar-refractivity contribution in [3.8, 4) is 0 Å². The number of halogens is 1. The zero-order valence-corrected chi connectivity index (χ0v) is 16.0. The lowest BCUT2D eigenvalue weighted by Gasteiger charge is -2.27. The molecule has 1 heterocycles. The summed E-state index contributed by atoms with van der Waals surface area (Å²) < 4.78 is 7.53. The maximum Gasteiger partial charge on any atom is 0.255 e. The van der Waals surface area contributed by atoms with Crippen molar-refractivity contribution < 1.29 is 9.53 Å². The quantitative estimate of drug-likeness (QED) is 0.490. The third-order valence-corrected chi connectivity index (χ3v) is 5.66. The summed E-state index contributed by atoms with van der Waals surface area (Å²) in [4.78, 5) is 12.7. The molecule has 3 N–H and O–H groups in total. The van der Waals surface area contributed by atoms with Crippen LogP contribution in [0, 0.1) is 0 Å². The molecule has 0 bridgehead atoms. The van der Waals surface area contributed by atoms with Crippen molar-refractivity contribution in [1.29, 1.82) is 0 Å². The molecule has 0 aliphatic carbocycles.